The molecule has 150 valence electrons. The zero-order valence-corrected chi connectivity index (χ0v) is 17.6. The Morgan fingerprint density at radius 1 is 1.29 bits per heavy atom. The lowest BCUT2D eigenvalue weighted by Gasteiger charge is -2.17. The molecule has 1 saturated carbocycles. The number of thioether (sulfide) groups is 1. The summed E-state index contributed by atoms with van der Waals surface area (Å²) in [6.07, 6.45) is 2.42. The lowest BCUT2D eigenvalue weighted by molar-refractivity contribution is -0.121. The zero-order chi connectivity index (χ0) is 20.3. The van der Waals surface area contributed by atoms with Gasteiger partial charge in [0.05, 0.1) is 11.3 Å². The number of benzene rings is 1. The van der Waals surface area contributed by atoms with Crippen LogP contribution in [0.5, 0.6) is 0 Å². The summed E-state index contributed by atoms with van der Waals surface area (Å²) in [7, 11) is 0. The fourth-order valence-corrected chi connectivity index (χ4v) is 4.77. The summed E-state index contributed by atoms with van der Waals surface area (Å²) in [5, 5.41) is 11.5. The molecule has 1 N–H and O–H groups in total. The fourth-order valence-electron chi connectivity index (χ4n) is 2.69. The van der Waals surface area contributed by atoms with Crippen LogP contribution in [0.4, 0.5) is 9.52 Å². The average Bonchev–Trinajstić information content (AvgIpc) is 3.40. The van der Waals surface area contributed by atoms with Gasteiger partial charge in [-0.15, -0.1) is 10.2 Å². The van der Waals surface area contributed by atoms with E-state index in [0.29, 0.717) is 15.9 Å². The van der Waals surface area contributed by atoms with E-state index in [0.717, 1.165) is 18.4 Å². The van der Waals surface area contributed by atoms with Crippen molar-refractivity contribution in [1.82, 2.24) is 15.5 Å². The highest BCUT2D eigenvalue weighted by Gasteiger charge is 2.35. The van der Waals surface area contributed by atoms with Crippen LogP contribution in [0.15, 0.2) is 28.6 Å². The molecule has 1 aromatic heterocycles. The Hall–Kier alpha value is -2.00. The number of amides is 2. The van der Waals surface area contributed by atoms with Gasteiger partial charge in [0.2, 0.25) is 16.9 Å². The minimum Gasteiger partial charge on any atom is -0.349 e. The first-order valence-electron chi connectivity index (χ1n) is 9.27. The van der Waals surface area contributed by atoms with Crippen LogP contribution < -0.4 is 10.2 Å². The van der Waals surface area contributed by atoms with Crippen molar-refractivity contribution in [2.45, 2.75) is 61.7 Å². The van der Waals surface area contributed by atoms with Crippen LogP contribution in [0, 0.1) is 5.82 Å². The van der Waals surface area contributed by atoms with Crippen molar-refractivity contribution >= 4 is 40.0 Å². The molecule has 9 heteroatoms. The van der Waals surface area contributed by atoms with E-state index in [4.69, 9.17) is 0 Å². The standard InChI is InChI=1S/C19H23FN4O2S2/c1-4-16(25)24(15-9-10-15)18-22-23-19(28-18)27-12(3)17(26)21-11(2)13-5-7-14(20)8-6-13/h5-8,11-12,15H,4,9-10H2,1-3H3,(H,21,26)/t11-,12-/m0/s1. The number of carbonyl (C=O) groups is 2. The number of hydrogen-bond donors (Lipinski definition) is 1. The molecule has 1 aliphatic rings. The molecule has 1 aromatic carbocycles. The van der Waals surface area contributed by atoms with E-state index in [2.05, 4.69) is 15.5 Å². The van der Waals surface area contributed by atoms with Crippen LogP contribution in [0.1, 0.15) is 51.6 Å². The second-order valence-corrected chi connectivity index (χ2v) is 9.28. The summed E-state index contributed by atoms with van der Waals surface area (Å²) < 4.78 is 13.7. The van der Waals surface area contributed by atoms with E-state index in [-0.39, 0.29) is 35.0 Å². The van der Waals surface area contributed by atoms with Gasteiger partial charge in [-0.25, -0.2) is 4.39 Å². The molecule has 6 nitrogen and oxygen atoms in total. The van der Waals surface area contributed by atoms with Gasteiger partial charge in [-0.2, -0.15) is 0 Å². The first-order chi connectivity index (χ1) is 13.4. The summed E-state index contributed by atoms with van der Waals surface area (Å²) >= 11 is 2.66. The lowest BCUT2D eigenvalue weighted by Crippen LogP contribution is -2.33. The van der Waals surface area contributed by atoms with Gasteiger partial charge in [0, 0.05) is 12.5 Å². The SMILES string of the molecule is CCC(=O)N(c1nnc(S[C@@H](C)C(=O)N[C@@H](C)c2ccc(F)cc2)s1)C1CC1. The second kappa shape index (κ2) is 9.00. The molecule has 1 fully saturated rings. The van der Waals surface area contributed by atoms with Crippen molar-refractivity contribution < 1.29 is 14.0 Å². The van der Waals surface area contributed by atoms with Crippen molar-refractivity contribution in [2.24, 2.45) is 0 Å². The van der Waals surface area contributed by atoms with Gasteiger partial charge >= 0.3 is 0 Å². The van der Waals surface area contributed by atoms with E-state index < -0.39 is 0 Å². The van der Waals surface area contributed by atoms with Gasteiger partial charge in [-0.3, -0.25) is 14.5 Å². The molecule has 1 aliphatic carbocycles. The second-order valence-electron chi connectivity index (χ2n) is 6.74. The maximum absolute atomic E-state index is 13.0. The number of carbonyl (C=O) groups excluding carboxylic acids is 2. The Morgan fingerprint density at radius 3 is 2.57 bits per heavy atom. The highest BCUT2D eigenvalue weighted by Crippen LogP contribution is 2.37. The summed E-state index contributed by atoms with van der Waals surface area (Å²) in [5.41, 5.74) is 0.836. The molecule has 28 heavy (non-hydrogen) atoms. The van der Waals surface area contributed by atoms with Crippen LogP contribution in [-0.4, -0.2) is 33.3 Å². The van der Waals surface area contributed by atoms with Gasteiger partial charge in [0.15, 0.2) is 4.34 Å². The Kier molecular flexibility index (Phi) is 6.66. The summed E-state index contributed by atoms with van der Waals surface area (Å²) in [6, 6.07) is 6.08. The van der Waals surface area contributed by atoms with Gasteiger partial charge in [0.1, 0.15) is 5.82 Å². The molecule has 2 aromatic rings. The monoisotopic (exact) mass is 422 g/mol. The summed E-state index contributed by atoms with van der Waals surface area (Å²) in [4.78, 5) is 26.4. The molecule has 0 aliphatic heterocycles. The molecule has 0 unspecified atom stereocenters. The Labute approximate surface area is 171 Å². The molecule has 2 atom stereocenters. The largest absolute Gasteiger partial charge is 0.349 e. The Balaban J connectivity index is 1.59. The smallest absolute Gasteiger partial charge is 0.233 e. The van der Waals surface area contributed by atoms with Gasteiger partial charge in [-0.05, 0) is 44.4 Å². The van der Waals surface area contributed by atoms with Crippen molar-refractivity contribution in [1.29, 1.82) is 0 Å². The van der Waals surface area contributed by atoms with Gasteiger partial charge in [-0.1, -0.05) is 42.2 Å². The predicted octanol–water partition coefficient (Wildman–Crippen LogP) is 3.94. The molecular weight excluding hydrogens is 399 g/mol. The van der Waals surface area contributed by atoms with Crippen LogP contribution in [0.3, 0.4) is 0 Å². The van der Waals surface area contributed by atoms with E-state index in [9.17, 15) is 14.0 Å². The fraction of sp³-hybridized carbons (Fsp3) is 0.474. The minimum absolute atomic E-state index is 0.0501. The normalized spacial score (nSPS) is 15.7. The number of aromatic nitrogens is 2. The predicted molar refractivity (Wildman–Crippen MR) is 109 cm³/mol. The van der Waals surface area contributed by atoms with Crippen molar-refractivity contribution in [3.8, 4) is 0 Å². The van der Waals surface area contributed by atoms with Crippen LogP contribution >= 0.6 is 23.1 Å². The zero-order valence-electron chi connectivity index (χ0n) is 16.0. The maximum atomic E-state index is 13.0. The van der Waals surface area contributed by atoms with E-state index in [1.54, 1.807) is 24.0 Å². The van der Waals surface area contributed by atoms with Gasteiger partial charge < -0.3 is 5.32 Å². The van der Waals surface area contributed by atoms with Gasteiger partial charge in [0.25, 0.3) is 0 Å². The Bertz CT molecular complexity index is 839. The Morgan fingerprint density at radius 2 is 1.96 bits per heavy atom. The van der Waals surface area contributed by atoms with E-state index >= 15 is 0 Å². The molecular formula is C19H23FN4O2S2. The highest BCUT2D eigenvalue weighted by atomic mass is 32.2. The quantitative estimate of drug-likeness (QED) is 0.515. The molecule has 0 saturated heterocycles. The number of anilines is 1. The third kappa shape index (κ3) is 5.08. The molecule has 0 radical (unpaired) electrons. The summed E-state index contributed by atoms with van der Waals surface area (Å²) in [6.45, 7) is 5.49. The molecule has 0 bridgehead atoms. The van der Waals surface area contributed by atoms with E-state index in [1.165, 1.54) is 35.2 Å². The molecule has 0 spiro atoms. The van der Waals surface area contributed by atoms with Crippen LogP contribution in [-0.2, 0) is 9.59 Å². The van der Waals surface area contributed by atoms with Crippen molar-refractivity contribution in [2.75, 3.05) is 4.90 Å². The molecule has 3 rings (SSSR count). The lowest BCUT2D eigenvalue weighted by atomic mass is 10.1. The van der Waals surface area contributed by atoms with Crippen LogP contribution in [0.25, 0.3) is 0 Å². The van der Waals surface area contributed by atoms with Crippen LogP contribution in [0.2, 0.25) is 0 Å². The molecule has 1 heterocycles. The number of nitrogens with one attached hydrogen (secondary N) is 1. The highest BCUT2D eigenvalue weighted by molar-refractivity contribution is 8.02. The number of hydrogen-bond acceptors (Lipinski definition) is 6. The molecule has 2 amide bonds. The first kappa shape index (κ1) is 20.7. The van der Waals surface area contributed by atoms with Crippen molar-refractivity contribution in [3.63, 3.8) is 0 Å². The van der Waals surface area contributed by atoms with E-state index in [1.807, 2.05) is 13.8 Å². The van der Waals surface area contributed by atoms with Crippen molar-refractivity contribution in [3.05, 3.63) is 35.6 Å². The number of nitrogens with zero attached hydrogens (tertiary/aromatic N) is 3. The number of rotatable bonds is 8. The summed E-state index contributed by atoms with van der Waals surface area (Å²) in [5.74, 6) is -0.392. The minimum atomic E-state index is -0.375. The number of halogens is 1. The topological polar surface area (TPSA) is 75.2 Å². The first-order valence-corrected chi connectivity index (χ1v) is 11.0. The average molecular weight is 423 g/mol. The third-order valence-corrected chi connectivity index (χ3v) is 6.57. The third-order valence-electron chi connectivity index (χ3n) is 4.46. The maximum Gasteiger partial charge on any atom is 0.233 e.